The minimum absolute atomic E-state index is 0.000384. The quantitative estimate of drug-likeness (QED) is 0.732. The molecule has 0 aliphatic carbocycles. The molecule has 1 amide bonds. The summed E-state index contributed by atoms with van der Waals surface area (Å²) in [5.74, 6) is 1.41. The van der Waals surface area contributed by atoms with Gasteiger partial charge in [-0.25, -0.2) is 9.97 Å². The molecule has 3 aromatic rings. The second-order valence-electron chi connectivity index (χ2n) is 6.89. The van der Waals surface area contributed by atoms with Gasteiger partial charge in [0.05, 0.1) is 17.6 Å². The summed E-state index contributed by atoms with van der Waals surface area (Å²) in [6, 6.07) is 17.4. The molecule has 0 saturated carbocycles. The summed E-state index contributed by atoms with van der Waals surface area (Å²) in [5.41, 5.74) is 2.52. The van der Waals surface area contributed by atoms with Gasteiger partial charge in [-0.1, -0.05) is 30.3 Å². The van der Waals surface area contributed by atoms with Crippen molar-refractivity contribution in [1.82, 2.24) is 9.97 Å². The Labute approximate surface area is 164 Å². The van der Waals surface area contributed by atoms with E-state index in [9.17, 15) is 4.79 Å². The number of ether oxygens (including phenoxy) is 1. The van der Waals surface area contributed by atoms with E-state index < -0.39 is 0 Å². The first-order chi connectivity index (χ1) is 13.7. The third-order valence-electron chi connectivity index (χ3n) is 5.01. The minimum Gasteiger partial charge on any atom is -0.475 e. The molecule has 2 aromatic carbocycles. The first-order valence-electron chi connectivity index (χ1n) is 9.75. The fourth-order valence-corrected chi connectivity index (χ4v) is 3.53. The van der Waals surface area contributed by atoms with E-state index in [0.717, 1.165) is 48.5 Å². The topological polar surface area (TPSA) is 67.4 Å². The van der Waals surface area contributed by atoms with Gasteiger partial charge in [0, 0.05) is 24.7 Å². The van der Waals surface area contributed by atoms with Crippen molar-refractivity contribution in [1.29, 1.82) is 0 Å². The zero-order chi connectivity index (χ0) is 19.3. The van der Waals surface area contributed by atoms with Crippen molar-refractivity contribution in [2.45, 2.75) is 19.8 Å². The lowest BCUT2D eigenvalue weighted by Crippen LogP contribution is -2.38. The van der Waals surface area contributed by atoms with Gasteiger partial charge in [-0.15, -0.1) is 0 Å². The van der Waals surface area contributed by atoms with E-state index in [1.165, 1.54) is 0 Å². The molecule has 0 bridgehead atoms. The SMILES string of the molecule is CCOc1nc2ccccc2nc1N1CCC(C(=O)Nc2ccccc2)CC1. The van der Waals surface area contributed by atoms with Crippen LogP contribution in [0.25, 0.3) is 11.0 Å². The van der Waals surface area contributed by atoms with Crippen LogP contribution in [0.1, 0.15) is 19.8 Å². The summed E-state index contributed by atoms with van der Waals surface area (Å²) in [4.78, 5) is 24.2. The second-order valence-corrected chi connectivity index (χ2v) is 6.89. The van der Waals surface area contributed by atoms with Crippen LogP contribution in [0.3, 0.4) is 0 Å². The first-order valence-corrected chi connectivity index (χ1v) is 9.75. The van der Waals surface area contributed by atoms with Crippen molar-refractivity contribution < 1.29 is 9.53 Å². The number of anilines is 2. The summed E-state index contributed by atoms with van der Waals surface area (Å²) < 4.78 is 5.76. The highest BCUT2D eigenvalue weighted by Gasteiger charge is 2.28. The Morgan fingerprint density at radius 3 is 2.36 bits per heavy atom. The average molecular weight is 376 g/mol. The number of nitrogens with zero attached hydrogens (tertiary/aromatic N) is 3. The maximum absolute atomic E-state index is 12.6. The zero-order valence-corrected chi connectivity index (χ0v) is 16.0. The third kappa shape index (κ3) is 3.91. The van der Waals surface area contributed by atoms with Crippen LogP contribution < -0.4 is 15.0 Å². The Kier molecular flexibility index (Phi) is 5.37. The van der Waals surface area contributed by atoms with Crippen molar-refractivity contribution in [3.05, 3.63) is 54.6 Å². The Balaban J connectivity index is 1.47. The molecule has 0 radical (unpaired) electrons. The van der Waals surface area contributed by atoms with Crippen molar-refractivity contribution in [2.75, 3.05) is 29.9 Å². The second kappa shape index (κ2) is 8.25. The molecule has 2 heterocycles. The number of benzene rings is 2. The van der Waals surface area contributed by atoms with Crippen molar-refractivity contribution in [3.63, 3.8) is 0 Å². The molecule has 1 fully saturated rings. The molecule has 0 atom stereocenters. The van der Waals surface area contributed by atoms with Crippen molar-refractivity contribution in [2.24, 2.45) is 5.92 Å². The largest absolute Gasteiger partial charge is 0.475 e. The molecule has 0 spiro atoms. The van der Waals surface area contributed by atoms with Gasteiger partial charge >= 0.3 is 0 Å². The fourth-order valence-electron chi connectivity index (χ4n) is 3.53. The van der Waals surface area contributed by atoms with Crippen molar-refractivity contribution in [3.8, 4) is 5.88 Å². The first kappa shape index (κ1) is 18.2. The highest BCUT2D eigenvalue weighted by atomic mass is 16.5. The Morgan fingerprint density at radius 1 is 1.04 bits per heavy atom. The van der Waals surface area contributed by atoms with Gasteiger partial charge in [-0.05, 0) is 44.0 Å². The van der Waals surface area contributed by atoms with Crippen LogP contribution in [0.15, 0.2) is 54.6 Å². The monoisotopic (exact) mass is 376 g/mol. The smallest absolute Gasteiger partial charge is 0.258 e. The van der Waals surface area contributed by atoms with Gasteiger partial charge in [0.2, 0.25) is 5.91 Å². The van der Waals surface area contributed by atoms with E-state index in [0.29, 0.717) is 12.5 Å². The number of hydrogen-bond acceptors (Lipinski definition) is 5. The molecule has 1 aromatic heterocycles. The van der Waals surface area contributed by atoms with Gasteiger partial charge in [-0.3, -0.25) is 4.79 Å². The van der Waals surface area contributed by atoms with E-state index in [4.69, 9.17) is 9.72 Å². The Morgan fingerprint density at radius 2 is 1.68 bits per heavy atom. The number of fused-ring (bicyclic) bond motifs is 1. The number of carbonyl (C=O) groups is 1. The normalized spacial score (nSPS) is 14.8. The summed E-state index contributed by atoms with van der Waals surface area (Å²) in [7, 11) is 0. The zero-order valence-electron chi connectivity index (χ0n) is 16.0. The number of para-hydroxylation sites is 3. The Hall–Kier alpha value is -3.15. The van der Waals surface area contributed by atoms with E-state index in [-0.39, 0.29) is 11.8 Å². The molecule has 1 saturated heterocycles. The molecular formula is C22H24N4O2. The number of carbonyl (C=O) groups excluding carboxylic acids is 1. The van der Waals surface area contributed by atoms with Crippen LogP contribution in [0.5, 0.6) is 5.88 Å². The molecule has 1 N–H and O–H groups in total. The lowest BCUT2D eigenvalue weighted by atomic mass is 9.96. The van der Waals surface area contributed by atoms with Gasteiger partial charge in [0.15, 0.2) is 5.82 Å². The van der Waals surface area contributed by atoms with E-state index in [1.807, 2.05) is 61.5 Å². The minimum atomic E-state index is 0.000384. The standard InChI is InChI=1S/C22H24N4O2/c1-2-28-22-20(24-18-10-6-7-11-19(18)25-22)26-14-12-16(13-15-26)21(27)23-17-8-4-3-5-9-17/h3-11,16H,2,12-15H2,1H3,(H,23,27). The lowest BCUT2D eigenvalue weighted by Gasteiger charge is -2.32. The van der Waals surface area contributed by atoms with Gasteiger partial charge in [-0.2, -0.15) is 0 Å². The number of rotatable bonds is 5. The van der Waals surface area contributed by atoms with Crippen LogP contribution in [-0.2, 0) is 4.79 Å². The van der Waals surface area contributed by atoms with Crippen LogP contribution in [-0.4, -0.2) is 35.6 Å². The predicted molar refractivity (Wildman–Crippen MR) is 111 cm³/mol. The molecule has 6 heteroatoms. The van der Waals surface area contributed by atoms with Gasteiger partial charge in [0.1, 0.15) is 0 Å². The number of piperidine rings is 1. The highest BCUT2D eigenvalue weighted by molar-refractivity contribution is 5.92. The summed E-state index contributed by atoms with van der Waals surface area (Å²) in [5, 5.41) is 3.01. The molecule has 0 unspecified atom stereocenters. The van der Waals surface area contributed by atoms with Gasteiger partial charge in [0.25, 0.3) is 5.88 Å². The number of amides is 1. The predicted octanol–water partition coefficient (Wildman–Crippen LogP) is 3.88. The van der Waals surface area contributed by atoms with Crippen LogP contribution in [0.2, 0.25) is 0 Å². The fraction of sp³-hybridized carbons (Fsp3) is 0.318. The molecular weight excluding hydrogens is 352 g/mol. The van der Waals surface area contributed by atoms with Crippen LogP contribution >= 0.6 is 0 Å². The molecule has 1 aliphatic heterocycles. The summed E-state index contributed by atoms with van der Waals surface area (Å²) in [6.45, 7) is 3.98. The molecule has 144 valence electrons. The number of hydrogen-bond donors (Lipinski definition) is 1. The number of nitrogens with one attached hydrogen (secondary N) is 1. The van der Waals surface area contributed by atoms with E-state index >= 15 is 0 Å². The summed E-state index contributed by atoms with van der Waals surface area (Å²) in [6.07, 6.45) is 1.55. The van der Waals surface area contributed by atoms with Crippen LogP contribution in [0.4, 0.5) is 11.5 Å². The van der Waals surface area contributed by atoms with Crippen LogP contribution in [0, 0.1) is 5.92 Å². The summed E-state index contributed by atoms with van der Waals surface area (Å²) >= 11 is 0. The lowest BCUT2D eigenvalue weighted by molar-refractivity contribution is -0.120. The molecule has 28 heavy (non-hydrogen) atoms. The molecule has 4 rings (SSSR count). The average Bonchev–Trinajstić information content (AvgIpc) is 2.74. The van der Waals surface area contributed by atoms with E-state index in [2.05, 4.69) is 15.2 Å². The molecule has 1 aliphatic rings. The number of aromatic nitrogens is 2. The molecule has 6 nitrogen and oxygen atoms in total. The maximum atomic E-state index is 12.6. The highest BCUT2D eigenvalue weighted by Crippen LogP contribution is 2.30. The van der Waals surface area contributed by atoms with Crippen molar-refractivity contribution >= 4 is 28.4 Å². The van der Waals surface area contributed by atoms with E-state index in [1.54, 1.807) is 0 Å². The van der Waals surface area contributed by atoms with Gasteiger partial charge < -0.3 is 15.0 Å². The maximum Gasteiger partial charge on any atom is 0.258 e. The third-order valence-corrected chi connectivity index (χ3v) is 5.01. The Bertz CT molecular complexity index is 953.